The Morgan fingerprint density at radius 2 is 1.81 bits per heavy atom. The number of esters is 1. The van der Waals surface area contributed by atoms with Gasteiger partial charge in [-0.15, -0.1) is 0 Å². The summed E-state index contributed by atoms with van der Waals surface area (Å²) >= 11 is 4.75. The van der Waals surface area contributed by atoms with Gasteiger partial charge in [-0.25, -0.2) is 9.79 Å². The second kappa shape index (κ2) is 9.00. The molecule has 0 spiro atoms. The third-order valence-corrected chi connectivity index (χ3v) is 7.03. The van der Waals surface area contributed by atoms with Gasteiger partial charge in [-0.2, -0.15) is 0 Å². The van der Waals surface area contributed by atoms with Crippen molar-refractivity contribution in [2.45, 2.75) is 32.7 Å². The molecule has 0 aliphatic carbocycles. The maximum atomic E-state index is 13.5. The van der Waals surface area contributed by atoms with Crippen molar-refractivity contribution in [1.82, 2.24) is 4.57 Å². The first-order chi connectivity index (χ1) is 15.3. The van der Waals surface area contributed by atoms with Crippen LogP contribution in [0.4, 0.5) is 0 Å². The zero-order chi connectivity index (χ0) is 23.0. The van der Waals surface area contributed by atoms with Crippen LogP contribution in [0, 0.1) is 0 Å². The van der Waals surface area contributed by atoms with E-state index in [1.54, 1.807) is 11.5 Å². The number of fused-ring (bicyclic) bond motifs is 1. The molecular weight excluding hydrogens is 488 g/mol. The molecule has 1 aliphatic heterocycles. The molecule has 0 fully saturated rings. The van der Waals surface area contributed by atoms with Crippen LogP contribution >= 0.6 is 27.3 Å². The zero-order valence-corrected chi connectivity index (χ0v) is 20.7. The summed E-state index contributed by atoms with van der Waals surface area (Å²) in [4.78, 5) is 31.4. The summed E-state index contributed by atoms with van der Waals surface area (Å²) in [6.45, 7) is 6.04. The van der Waals surface area contributed by atoms with E-state index < -0.39 is 12.0 Å². The van der Waals surface area contributed by atoms with Gasteiger partial charge in [0.25, 0.3) is 5.56 Å². The minimum absolute atomic E-state index is 0.177. The van der Waals surface area contributed by atoms with E-state index >= 15 is 0 Å². The molecule has 1 unspecified atom stereocenters. The Balaban J connectivity index is 1.93. The van der Waals surface area contributed by atoms with Gasteiger partial charge >= 0.3 is 5.97 Å². The molecule has 0 saturated heterocycles. The predicted octanol–water partition coefficient (Wildman–Crippen LogP) is 4.29. The highest BCUT2D eigenvalue weighted by Gasteiger charge is 2.33. The van der Waals surface area contributed by atoms with Crippen molar-refractivity contribution < 1.29 is 9.53 Å². The first-order valence-electron chi connectivity index (χ1n) is 10.3. The van der Waals surface area contributed by atoms with Crippen LogP contribution in [-0.4, -0.2) is 17.6 Å². The van der Waals surface area contributed by atoms with Crippen LogP contribution in [0.2, 0.25) is 0 Å². The molecule has 1 atom stereocenters. The van der Waals surface area contributed by atoms with Gasteiger partial charge in [-0.1, -0.05) is 77.5 Å². The number of carbonyl (C=O) groups excluding carboxylic acids is 1. The standard InChI is InChI=1S/C25H23BrN2O3S/c1-14(2)17-7-9-18(10-8-17)22-21(24(30)31-4)15(3)27-25-28(22)23(29)20(32-25)13-16-5-11-19(26)12-6-16/h5-14,22H,1-4H3. The lowest BCUT2D eigenvalue weighted by Gasteiger charge is -2.24. The Labute approximate surface area is 198 Å². The highest BCUT2D eigenvalue weighted by atomic mass is 79.9. The average Bonchev–Trinajstić information content (AvgIpc) is 3.08. The van der Waals surface area contributed by atoms with Gasteiger partial charge in [0.15, 0.2) is 4.80 Å². The zero-order valence-electron chi connectivity index (χ0n) is 18.3. The van der Waals surface area contributed by atoms with Gasteiger partial charge < -0.3 is 4.74 Å². The highest BCUT2D eigenvalue weighted by molar-refractivity contribution is 9.10. The molecule has 0 bridgehead atoms. The molecule has 3 aromatic rings. The molecule has 0 amide bonds. The van der Waals surface area contributed by atoms with E-state index in [0.717, 1.165) is 15.6 Å². The lowest BCUT2D eigenvalue weighted by atomic mass is 9.93. The fourth-order valence-electron chi connectivity index (χ4n) is 3.78. The monoisotopic (exact) mass is 510 g/mol. The van der Waals surface area contributed by atoms with Crippen molar-refractivity contribution in [2.24, 2.45) is 4.99 Å². The molecule has 0 N–H and O–H groups in total. The van der Waals surface area contributed by atoms with E-state index in [2.05, 4.69) is 34.8 Å². The number of hydrogen-bond acceptors (Lipinski definition) is 5. The summed E-state index contributed by atoms with van der Waals surface area (Å²) in [6.07, 6.45) is 1.85. The summed E-state index contributed by atoms with van der Waals surface area (Å²) in [5.41, 5.74) is 3.72. The van der Waals surface area contributed by atoms with E-state index in [9.17, 15) is 9.59 Å². The van der Waals surface area contributed by atoms with Gasteiger partial charge in [0.05, 0.1) is 29.0 Å². The van der Waals surface area contributed by atoms with Crippen LogP contribution in [-0.2, 0) is 9.53 Å². The molecule has 7 heteroatoms. The molecule has 1 aromatic heterocycles. The van der Waals surface area contributed by atoms with Crippen LogP contribution in [0.5, 0.6) is 0 Å². The SMILES string of the molecule is COC(=O)C1=C(C)N=c2sc(=Cc3ccc(Br)cc3)c(=O)n2C1c1ccc(C(C)C)cc1. The van der Waals surface area contributed by atoms with E-state index in [1.165, 1.54) is 24.0 Å². The van der Waals surface area contributed by atoms with Crippen molar-refractivity contribution in [3.63, 3.8) is 0 Å². The fourth-order valence-corrected chi connectivity index (χ4v) is 5.09. The van der Waals surface area contributed by atoms with E-state index in [-0.39, 0.29) is 5.56 Å². The predicted molar refractivity (Wildman–Crippen MR) is 130 cm³/mol. The van der Waals surface area contributed by atoms with Gasteiger partial charge in [0, 0.05) is 4.47 Å². The number of hydrogen-bond donors (Lipinski definition) is 0. The molecule has 0 saturated carbocycles. The summed E-state index contributed by atoms with van der Waals surface area (Å²) in [6, 6.07) is 15.2. The first kappa shape index (κ1) is 22.4. The van der Waals surface area contributed by atoms with Crippen molar-refractivity contribution in [1.29, 1.82) is 0 Å². The average molecular weight is 511 g/mol. The Kier molecular flexibility index (Phi) is 6.31. The van der Waals surface area contributed by atoms with Gasteiger partial charge in [0.2, 0.25) is 0 Å². The van der Waals surface area contributed by atoms with E-state index in [0.29, 0.717) is 26.5 Å². The third kappa shape index (κ3) is 4.14. The highest BCUT2D eigenvalue weighted by Crippen LogP contribution is 2.31. The Morgan fingerprint density at radius 3 is 2.41 bits per heavy atom. The number of benzene rings is 2. The minimum atomic E-state index is -0.591. The van der Waals surface area contributed by atoms with E-state index in [1.807, 2.05) is 54.6 Å². The van der Waals surface area contributed by atoms with Gasteiger partial charge in [-0.3, -0.25) is 9.36 Å². The number of thiazole rings is 1. The first-order valence-corrected chi connectivity index (χ1v) is 11.9. The van der Waals surface area contributed by atoms with Crippen LogP contribution in [0.15, 0.2) is 74.1 Å². The summed E-state index contributed by atoms with van der Waals surface area (Å²) in [5.74, 6) is -0.0966. The number of allylic oxidation sites excluding steroid dienone is 1. The fraction of sp³-hybridized carbons (Fsp3) is 0.240. The third-order valence-electron chi connectivity index (χ3n) is 5.51. The van der Waals surface area contributed by atoms with Gasteiger partial charge in [0.1, 0.15) is 0 Å². The largest absolute Gasteiger partial charge is 0.466 e. The number of nitrogens with zero attached hydrogens (tertiary/aromatic N) is 2. The maximum absolute atomic E-state index is 13.5. The molecule has 5 nitrogen and oxygen atoms in total. The maximum Gasteiger partial charge on any atom is 0.338 e. The Morgan fingerprint density at radius 1 is 1.16 bits per heavy atom. The van der Waals surface area contributed by atoms with Crippen molar-refractivity contribution in [3.05, 3.63) is 101 Å². The number of methoxy groups -OCH3 is 1. The van der Waals surface area contributed by atoms with E-state index in [4.69, 9.17) is 4.74 Å². The van der Waals surface area contributed by atoms with Crippen LogP contribution in [0.3, 0.4) is 0 Å². The molecule has 164 valence electrons. The van der Waals surface area contributed by atoms with Crippen molar-refractivity contribution in [2.75, 3.05) is 7.11 Å². The molecule has 2 heterocycles. The number of ether oxygens (including phenoxy) is 1. The smallest absolute Gasteiger partial charge is 0.338 e. The summed E-state index contributed by atoms with van der Waals surface area (Å²) in [7, 11) is 1.35. The molecule has 4 rings (SSSR count). The lowest BCUT2D eigenvalue weighted by molar-refractivity contribution is -0.136. The molecule has 32 heavy (non-hydrogen) atoms. The topological polar surface area (TPSA) is 60.7 Å². The molecule has 0 radical (unpaired) electrons. The van der Waals surface area contributed by atoms with Crippen molar-refractivity contribution >= 4 is 39.3 Å². The van der Waals surface area contributed by atoms with Gasteiger partial charge in [-0.05, 0) is 47.7 Å². The number of rotatable bonds is 4. The lowest BCUT2D eigenvalue weighted by Crippen LogP contribution is -2.39. The molecule has 1 aliphatic rings. The Hall–Kier alpha value is -2.77. The number of aromatic nitrogens is 1. The summed E-state index contributed by atoms with van der Waals surface area (Å²) < 4.78 is 8.21. The van der Waals surface area contributed by atoms with Crippen molar-refractivity contribution in [3.8, 4) is 0 Å². The Bertz CT molecular complexity index is 1380. The number of halogens is 1. The normalized spacial score (nSPS) is 16.2. The van der Waals surface area contributed by atoms with Crippen LogP contribution < -0.4 is 14.9 Å². The quantitative estimate of drug-likeness (QED) is 0.491. The minimum Gasteiger partial charge on any atom is -0.466 e. The second-order valence-corrected chi connectivity index (χ2v) is 9.87. The number of carbonyl (C=O) groups is 1. The van der Waals surface area contributed by atoms with Crippen LogP contribution in [0.1, 0.15) is 49.4 Å². The summed E-state index contributed by atoms with van der Waals surface area (Å²) in [5, 5.41) is 0. The molecule has 2 aromatic carbocycles. The van der Waals surface area contributed by atoms with Crippen LogP contribution in [0.25, 0.3) is 6.08 Å². The molecular formula is C25H23BrN2O3S. The second-order valence-electron chi connectivity index (χ2n) is 7.95.